The van der Waals surface area contributed by atoms with E-state index in [-0.39, 0.29) is 6.04 Å². The van der Waals surface area contributed by atoms with Crippen LogP contribution in [0.15, 0.2) is 50.4 Å². The lowest BCUT2D eigenvalue weighted by molar-refractivity contribution is 0.438. The smallest absolute Gasteiger partial charge is 0.137 e. The SMILES string of the molecule is NNC(CSc1ccccc1Cl)c1occc1Br. The zero-order valence-electron chi connectivity index (χ0n) is 9.40. The quantitative estimate of drug-likeness (QED) is 0.488. The molecule has 2 rings (SSSR count). The summed E-state index contributed by atoms with van der Waals surface area (Å²) < 4.78 is 6.31. The number of thioether (sulfide) groups is 1. The fourth-order valence-electron chi connectivity index (χ4n) is 1.49. The fourth-order valence-corrected chi connectivity index (χ4v) is 3.24. The van der Waals surface area contributed by atoms with Crippen molar-refractivity contribution < 1.29 is 4.42 Å². The Morgan fingerprint density at radius 3 is 2.78 bits per heavy atom. The van der Waals surface area contributed by atoms with Crippen molar-refractivity contribution >= 4 is 39.3 Å². The summed E-state index contributed by atoms with van der Waals surface area (Å²) in [6.45, 7) is 0. The third kappa shape index (κ3) is 3.30. The molecule has 0 radical (unpaired) electrons. The first-order valence-corrected chi connectivity index (χ1v) is 7.44. The van der Waals surface area contributed by atoms with Gasteiger partial charge in [-0.05, 0) is 34.1 Å². The predicted octanol–water partition coefficient (Wildman–Crippen LogP) is 3.99. The van der Waals surface area contributed by atoms with E-state index in [0.29, 0.717) is 0 Å². The largest absolute Gasteiger partial charge is 0.466 e. The summed E-state index contributed by atoms with van der Waals surface area (Å²) in [6, 6.07) is 9.50. The maximum atomic E-state index is 6.10. The molecule has 0 spiro atoms. The summed E-state index contributed by atoms with van der Waals surface area (Å²) in [7, 11) is 0. The molecule has 1 atom stereocenters. The average Bonchev–Trinajstić information content (AvgIpc) is 2.79. The zero-order valence-corrected chi connectivity index (χ0v) is 12.6. The van der Waals surface area contributed by atoms with Crippen LogP contribution in [-0.4, -0.2) is 5.75 Å². The van der Waals surface area contributed by atoms with E-state index in [1.165, 1.54) is 0 Å². The maximum Gasteiger partial charge on any atom is 0.137 e. The minimum absolute atomic E-state index is 0.0735. The van der Waals surface area contributed by atoms with Crippen LogP contribution in [0.4, 0.5) is 0 Å². The highest BCUT2D eigenvalue weighted by atomic mass is 79.9. The van der Waals surface area contributed by atoms with Crippen LogP contribution < -0.4 is 11.3 Å². The Kier molecular flexibility index (Phi) is 5.14. The van der Waals surface area contributed by atoms with Gasteiger partial charge in [0.05, 0.1) is 21.8 Å². The van der Waals surface area contributed by atoms with Gasteiger partial charge < -0.3 is 4.42 Å². The van der Waals surface area contributed by atoms with Gasteiger partial charge >= 0.3 is 0 Å². The second-order valence-electron chi connectivity index (χ2n) is 3.59. The molecular formula is C12H12BrClN2OS. The highest BCUT2D eigenvalue weighted by Gasteiger charge is 2.17. The number of nitrogens with one attached hydrogen (secondary N) is 1. The molecule has 1 unspecified atom stereocenters. The number of rotatable bonds is 5. The molecule has 6 heteroatoms. The number of nitrogens with two attached hydrogens (primary N) is 1. The van der Waals surface area contributed by atoms with E-state index in [1.807, 2.05) is 30.3 Å². The normalized spacial score (nSPS) is 12.6. The molecule has 0 aliphatic rings. The van der Waals surface area contributed by atoms with Gasteiger partial charge in [-0.3, -0.25) is 5.84 Å². The summed E-state index contributed by atoms with van der Waals surface area (Å²) in [4.78, 5) is 1.03. The fraction of sp³-hybridized carbons (Fsp3) is 0.167. The minimum atomic E-state index is -0.0735. The van der Waals surface area contributed by atoms with Crippen LogP contribution in [0, 0.1) is 0 Å². The Hall–Kier alpha value is -0.460. The molecule has 0 aliphatic carbocycles. The lowest BCUT2D eigenvalue weighted by atomic mass is 10.3. The van der Waals surface area contributed by atoms with Crippen molar-refractivity contribution in [1.82, 2.24) is 5.43 Å². The Labute approximate surface area is 123 Å². The molecule has 96 valence electrons. The summed E-state index contributed by atoms with van der Waals surface area (Å²) >= 11 is 11.2. The van der Waals surface area contributed by atoms with Crippen LogP contribution in [0.3, 0.4) is 0 Å². The molecular weight excluding hydrogens is 336 g/mol. The molecule has 0 saturated heterocycles. The van der Waals surface area contributed by atoms with Crippen molar-refractivity contribution in [3.05, 3.63) is 51.9 Å². The van der Waals surface area contributed by atoms with Crippen molar-refractivity contribution in [3.8, 4) is 0 Å². The summed E-state index contributed by atoms with van der Waals surface area (Å²) in [5, 5.41) is 0.747. The van der Waals surface area contributed by atoms with E-state index in [4.69, 9.17) is 21.9 Å². The average molecular weight is 348 g/mol. The summed E-state index contributed by atoms with van der Waals surface area (Å²) in [5.41, 5.74) is 2.75. The standard InChI is InChI=1S/C12H12BrClN2OS/c13-8-5-6-17-12(8)10(16-15)7-18-11-4-2-1-3-9(11)14/h1-6,10,16H,7,15H2. The third-order valence-corrected chi connectivity index (χ3v) is 4.67. The minimum Gasteiger partial charge on any atom is -0.466 e. The summed E-state index contributed by atoms with van der Waals surface area (Å²) in [6.07, 6.45) is 1.63. The molecule has 0 fully saturated rings. The molecule has 1 aromatic heterocycles. The van der Waals surface area contributed by atoms with E-state index in [0.717, 1.165) is 25.9 Å². The van der Waals surface area contributed by atoms with E-state index >= 15 is 0 Å². The van der Waals surface area contributed by atoms with Gasteiger partial charge in [0, 0.05) is 10.6 Å². The second kappa shape index (κ2) is 6.63. The van der Waals surface area contributed by atoms with Gasteiger partial charge in [-0.15, -0.1) is 11.8 Å². The van der Waals surface area contributed by atoms with Crippen LogP contribution >= 0.6 is 39.3 Å². The molecule has 0 amide bonds. The van der Waals surface area contributed by atoms with Crippen LogP contribution in [0.5, 0.6) is 0 Å². The second-order valence-corrected chi connectivity index (χ2v) is 5.92. The molecule has 3 nitrogen and oxygen atoms in total. The van der Waals surface area contributed by atoms with Crippen molar-refractivity contribution in [2.24, 2.45) is 5.84 Å². The highest BCUT2D eigenvalue weighted by molar-refractivity contribution is 9.10. The van der Waals surface area contributed by atoms with Gasteiger partial charge in [-0.2, -0.15) is 0 Å². The number of hydrogen-bond acceptors (Lipinski definition) is 4. The van der Waals surface area contributed by atoms with Gasteiger partial charge in [0.15, 0.2) is 0 Å². The van der Waals surface area contributed by atoms with E-state index in [9.17, 15) is 0 Å². The van der Waals surface area contributed by atoms with E-state index in [1.54, 1.807) is 18.0 Å². The topological polar surface area (TPSA) is 51.2 Å². The van der Waals surface area contributed by atoms with Crippen LogP contribution in [-0.2, 0) is 0 Å². The van der Waals surface area contributed by atoms with Crippen molar-refractivity contribution in [2.75, 3.05) is 5.75 Å². The zero-order chi connectivity index (χ0) is 13.0. The Balaban J connectivity index is 2.05. The number of hydrogen-bond donors (Lipinski definition) is 2. The molecule has 18 heavy (non-hydrogen) atoms. The van der Waals surface area contributed by atoms with Crippen LogP contribution in [0.25, 0.3) is 0 Å². The molecule has 3 N–H and O–H groups in total. The first kappa shape index (κ1) is 14.0. The molecule has 0 bridgehead atoms. The van der Waals surface area contributed by atoms with Crippen LogP contribution in [0.2, 0.25) is 5.02 Å². The number of benzene rings is 1. The highest BCUT2D eigenvalue weighted by Crippen LogP contribution is 2.32. The predicted molar refractivity (Wildman–Crippen MR) is 78.6 cm³/mol. The van der Waals surface area contributed by atoms with Gasteiger partial charge in [-0.1, -0.05) is 23.7 Å². The number of halogens is 2. The maximum absolute atomic E-state index is 6.10. The van der Waals surface area contributed by atoms with Crippen molar-refractivity contribution in [3.63, 3.8) is 0 Å². The molecule has 2 aromatic rings. The molecule has 0 aliphatic heterocycles. The van der Waals surface area contributed by atoms with Gasteiger partial charge in [0.2, 0.25) is 0 Å². The Bertz CT molecular complexity index is 520. The van der Waals surface area contributed by atoms with Crippen LogP contribution in [0.1, 0.15) is 11.8 Å². The molecule has 1 heterocycles. The van der Waals surface area contributed by atoms with Crippen molar-refractivity contribution in [1.29, 1.82) is 0 Å². The Morgan fingerprint density at radius 2 is 2.17 bits per heavy atom. The molecule has 0 saturated carbocycles. The molecule has 1 aromatic carbocycles. The van der Waals surface area contributed by atoms with Gasteiger partial charge in [0.1, 0.15) is 5.76 Å². The monoisotopic (exact) mass is 346 g/mol. The Morgan fingerprint density at radius 1 is 1.39 bits per heavy atom. The first-order chi connectivity index (χ1) is 8.72. The lowest BCUT2D eigenvalue weighted by Crippen LogP contribution is -2.29. The van der Waals surface area contributed by atoms with Crippen molar-refractivity contribution in [2.45, 2.75) is 10.9 Å². The summed E-state index contributed by atoms with van der Waals surface area (Å²) in [5.74, 6) is 7.08. The number of furan rings is 1. The van der Waals surface area contributed by atoms with Gasteiger partial charge in [-0.25, -0.2) is 5.43 Å². The first-order valence-electron chi connectivity index (χ1n) is 5.28. The van der Waals surface area contributed by atoms with E-state index < -0.39 is 0 Å². The third-order valence-electron chi connectivity index (χ3n) is 2.40. The number of hydrazine groups is 1. The van der Waals surface area contributed by atoms with Gasteiger partial charge in [0.25, 0.3) is 0 Å². The van der Waals surface area contributed by atoms with E-state index in [2.05, 4.69) is 21.4 Å². The lowest BCUT2D eigenvalue weighted by Gasteiger charge is -2.14.